The average Bonchev–Trinajstić information content (AvgIpc) is 3.09. The van der Waals surface area contributed by atoms with Crippen molar-refractivity contribution in [2.24, 2.45) is 16.9 Å². The number of benzene rings is 1. The van der Waals surface area contributed by atoms with E-state index in [1.165, 1.54) is 0 Å². The van der Waals surface area contributed by atoms with Crippen molar-refractivity contribution in [3.05, 3.63) is 34.9 Å². The van der Waals surface area contributed by atoms with Gasteiger partial charge in [-0.1, -0.05) is 30.7 Å². The van der Waals surface area contributed by atoms with E-state index in [0.717, 1.165) is 5.56 Å². The molecule has 1 saturated carbocycles. The van der Waals surface area contributed by atoms with Gasteiger partial charge in [-0.15, -0.1) is 0 Å². The Kier molecular flexibility index (Phi) is 3.93. The Morgan fingerprint density at radius 1 is 1.32 bits per heavy atom. The first kappa shape index (κ1) is 14.8. The minimum absolute atomic E-state index is 0.108. The van der Waals surface area contributed by atoms with E-state index in [4.69, 9.17) is 23.1 Å². The summed E-state index contributed by atoms with van der Waals surface area (Å²) in [7, 11) is -3.17. The molecule has 0 saturated heterocycles. The van der Waals surface area contributed by atoms with E-state index in [1.54, 1.807) is 19.1 Å². The molecule has 106 valence electrons. The zero-order valence-corrected chi connectivity index (χ0v) is 12.4. The Hall–Kier alpha value is -0.620. The molecule has 0 bridgehead atoms. The van der Waals surface area contributed by atoms with Crippen LogP contribution in [0.5, 0.6) is 0 Å². The van der Waals surface area contributed by atoms with Gasteiger partial charge in [-0.05, 0) is 17.7 Å². The molecule has 19 heavy (non-hydrogen) atoms. The highest BCUT2D eigenvalue weighted by Crippen LogP contribution is 2.62. The van der Waals surface area contributed by atoms with Gasteiger partial charge >= 0.3 is 0 Å². The van der Waals surface area contributed by atoms with Gasteiger partial charge in [0, 0.05) is 35.2 Å². The van der Waals surface area contributed by atoms with Gasteiger partial charge < -0.3 is 11.5 Å². The molecule has 6 heteroatoms. The summed E-state index contributed by atoms with van der Waals surface area (Å²) in [4.78, 5) is 0. The minimum Gasteiger partial charge on any atom is -0.330 e. The maximum absolute atomic E-state index is 12.2. The van der Waals surface area contributed by atoms with Gasteiger partial charge in [-0.2, -0.15) is 0 Å². The summed E-state index contributed by atoms with van der Waals surface area (Å²) in [5, 5.41) is 0.110. The fraction of sp³-hybridized carbons (Fsp3) is 0.538. The molecule has 0 amide bonds. The lowest BCUT2D eigenvalue weighted by Crippen LogP contribution is -2.31. The van der Waals surface area contributed by atoms with E-state index in [0.29, 0.717) is 5.02 Å². The third kappa shape index (κ3) is 2.29. The van der Waals surface area contributed by atoms with Crippen LogP contribution in [-0.4, -0.2) is 32.5 Å². The lowest BCUT2D eigenvalue weighted by atomic mass is 9.99. The van der Waals surface area contributed by atoms with Crippen LogP contribution in [0.4, 0.5) is 0 Å². The second-order valence-electron chi connectivity index (χ2n) is 5.05. The summed E-state index contributed by atoms with van der Waals surface area (Å²) in [5.74, 6) is -0.0395. The van der Waals surface area contributed by atoms with Gasteiger partial charge in [0.15, 0.2) is 9.84 Å². The molecule has 0 radical (unpaired) electrons. The van der Waals surface area contributed by atoms with Crippen molar-refractivity contribution in [1.29, 1.82) is 0 Å². The van der Waals surface area contributed by atoms with E-state index >= 15 is 0 Å². The first-order chi connectivity index (χ1) is 8.93. The fourth-order valence-electron chi connectivity index (χ4n) is 2.97. The second-order valence-corrected chi connectivity index (χ2v) is 7.89. The molecule has 4 N–H and O–H groups in total. The maximum Gasteiger partial charge on any atom is 0.154 e. The molecular formula is C13H19ClN2O2S. The van der Waals surface area contributed by atoms with Gasteiger partial charge in [-0.3, -0.25) is 0 Å². The quantitative estimate of drug-likeness (QED) is 0.854. The summed E-state index contributed by atoms with van der Waals surface area (Å²) in [6, 6.07) is 7.28. The molecule has 0 unspecified atom stereocenters. The van der Waals surface area contributed by atoms with Crippen LogP contribution in [0.1, 0.15) is 18.4 Å². The SMILES string of the molecule is CCS(=O)(=O)[C@H]1[C@@H](c2cccc(Cl)c2)C1(CN)CN. The van der Waals surface area contributed by atoms with Gasteiger partial charge in [-0.25, -0.2) is 8.42 Å². The van der Waals surface area contributed by atoms with Crippen molar-refractivity contribution >= 4 is 21.4 Å². The Balaban J connectivity index is 2.45. The molecule has 2 atom stereocenters. The van der Waals surface area contributed by atoms with Crippen LogP contribution in [0.2, 0.25) is 5.02 Å². The van der Waals surface area contributed by atoms with Crippen molar-refractivity contribution in [3.63, 3.8) is 0 Å². The van der Waals surface area contributed by atoms with Gasteiger partial charge in [0.2, 0.25) is 0 Å². The molecule has 0 heterocycles. The molecule has 1 aromatic rings. The molecule has 0 aromatic heterocycles. The maximum atomic E-state index is 12.2. The molecule has 1 fully saturated rings. The summed E-state index contributed by atoms with van der Waals surface area (Å²) >= 11 is 5.98. The van der Waals surface area contributed by atoms with Gasteiger partial charge in [0.25, 0.3) is 0 Å². The van der Waals surface area contributed by atoms with E-state index in [-0.39, 0.29) is 24.8 Å². The van der Waals surface area contributed by atoms with Crippen LogP contribution in [0.25, 0.3) is 0 Å². The Morgan fingerprint density at radius 2 is 1.95 bits per heavy atom. The summed E-state index contributed by atoms with van der Waals surface area (Å²) in [6.07, 6.45) is 0. The number of rotatable bonds is 5. The van der Waals surface area contributed by atoms with E-state index in [1.807, 2.05) is 12.1 Å². The molecule has 2 rings (SSSR count). The average molecular weight is 303 g/mol. The van der Waals surface area contributed by atoms with Gasteiger partial charge in [0.1, 0.15) is 0 Å². The molecule has 1 aromatic carbocycles. The number of nitrogens with two attached hydrogens (primary N) is 2. The first-order valence-corrected chi connectivity index (χ1v) is 8.39. The standard InChI is InChI=1S/C13H19ClN2O2S/c1-2-19(17,18)12-11(13(12,7-15)8-16)9-4-3-5-10(14)6-9/h3-6,11-12H,2,7-8,15-16H2,1H3/t11-,12+/m1/s1. The van der Waals surface area contributed by atoms with Crippen molar-refractivity contribution in [3.8, 4) is 0 Å². The summed E-state index contributed by atoms with van der Waals surface area (Å²) in [5.41, 5.74) is 12.0. The van der Waals surface area contributed by atoms with Crippen LogP contribution in [-0.2, 0) is 9.84 Å². The lowest BCUT2D eigenvalue weighted by Gasteiger charge is -2.12. The first-order valence-electron chi connectivity index (χ1n) is 6.30. The Labute approximate surface area is 119 Å². The third-order valence-corrected chi connectivity index (χ3v) is 6.69. The molecular weight excluding hydrogens is 284 g/mol. The molecule has 4 nitrogen and oxygen atoms in total. The highest BCUT2D eigenvalue weighted by atomic mass is 35.5. The van der Waals surface area contributed by atoms with Crippen LogP contribution < -0.4 is 11.5 Å². The predicted molar refractivity (Wildman–Crippen MR) is 78.0 cm³/mol. The van der Waals surface area contributed by atoms with E-state index in [9.17, 15) is 8.42 Å². The molecule has 0 aliphatic heterocycles. The highest BCUT2D eigenvalue weighted by Gasteiger charge is 2.68. The van der Waals surface area contributed by atoms with Crippen molar-refractivity contribution in [2.75, 3.05) is 18.8 Å². The van der Waals surface area contributed by atoms with Crippen molar-refractivity contribution in [1.82, 2.24) is 0 Å². The zero-order valence-electron chi connectivity index (χ0n) is 10.8. The molecule has 0 spiro atoms. The Bertz CT molecular complexity index is 570. The molecule has 1 aliphatic rings. The smallest absolute Gasteiger partial charge is 0.154 e. The Morgan fingerprint density at radius 3 is 2.42 bits per heavy atom. The van der Waals surface area contributed by atoms with Crippen LogP contribution in [0, 0.1) is 5.41 Å². The van der Waals surface area contributed by atoms with Crippen LogP contribution in [0.15, 0.2) is 24.3 Å². The van der Waals surface area contributed by atoms with Crippen LogP contribution >= 0.6 is 11.6 Å². The van der Waals surface area contributed by atoms with Gasteiger partial charge in [0.05, 0.1) is 5.25 Å². The third-order valence-electron chi connectivity index (χ3n) is 4.14. The number of hydrogen-bond donors (Lipinski definition) is 2. The number of sulfone groups is 1. The monoisotopic (exact) mass is 302 g/mol. The van der Waals surface area contributed by atoms with Crippen LogP contribution in [0.3, 0.4) is 0 Å². The largest absolute Gasteiger partial charge is 0.330 e. The number of halogens is 1. The lowest BCUT2D eigenvalue weighted by molar-refractivity contribution is 0.510. The van der Waals surface area contributed by atoms with Crippen molar-refractivity contribution < 1.29 is 8.42 Å². The summed E-state index contributed by atoms with van der Waals surface area (Å²) in [6.45, 7) is 2.19. The number of hydrogen-bond acceptors (Lipinski definition) is 4. The predicted octanol–water partition coefficient (Wildman–Crippen LogP) is 1.14. The molecule has 1 aliphatic carbocycles. The highest BCUT2D eigenvalue weighted by molar-refractivity contribution is 7.92. The fourth-order valence-corrected chi connectivity index (χ4v) is 5.35. The topological polar surface area (TPSA) is 86.2 Å². The van der Waals surface area contributed by atoms with E-state index in [2.05, 4.69) is 0 Å². The summed E-state index contributed by atoms with van der Waals surface area (Å²) < 4.78 is 24.4. The van der Waals surface area contributed by atoms with E-state index < -0.39 is 20.5 Å². The zero-order chi connectivity index (χ0) is 14.3. The minimum atomic E-state index is -3.17. The second kappa shape index (κ2) is 5.05. The normalized spacial score (nSPS) is 25.3. The van der Waals surface area contributed by atoms with Crippen molar-refractivity contribution in [2.45, 2.75) is 18.1 Å².